The zero-order chi connectivity index (χ0) is 9.80. The summed E-state index contributed by atoms with van der Waals surface area (Å²) in [5.41, 5.74) is 0. The Kier molecular flexibility index (Phi) is 3.16. The highest BCUT2D eigenvalue weighted by molar-refractivity contribution is 9.10. The van der Waals surface area contributed by atoms with Crippen molar-refractivity contribution in [2.75, 3.05) is 0 Å². The molecule has 0 aliphatic carbocycles. The summed E-state index contributed by atoms with van der Waals surface area (Å²) in [6.07, 6.45) is 7.16. The molecule has 0 amide bonds. The largest absolute Gasteiger partial charge is 0.265 e. The highest BCUT2D eigenvalue weighted by Gasteiger charge is 2.00. The average molecular weight is 267 g/mol. The second-order valence-electron chi connectivity index (χ2n) is 2.59. The van der Waals surface area contributed by atoms with Gasteiger partial charge >= 0.3 is 0 Å². The lowest BCUT2D eigenvalue weighted by molar-refractivity contribution is 1.22. The van der Waals surface area contributed by atoms with Crippen molar-refractivity contribution in [1.82, 2.24) is 9.97 Å². The molecule has 0 aliphatic heterocycles. The van der Waals surface area contributed by atoms with Crippen LogP contribution in [0.3, 0.4) is 0 Å². The molecule has 0 aromatic carbocycles. The maximum absolute atomic E-state index is 4.01. The van der Waals surface area contributed by atoms with Gasteiger partial charge in [-0.15, -0.1) is 0 Å². The van der Waals surface area contributed by atoms with E-state index in [-0.39, 0.29) is 0 Å². The maximum atomic E-state index is 4.01. The van der Waals surface area contributed by atoms with Gasteiger partial charge in [0.1, 0.15) is 0 Å². The van der Waals surface area contributed by atoms with Gasteiger partial charge in [0.15, 0.2) is 0 Å². The summed E-state index contributed by atoms with van der Waals surface area (Å²) in [4.78, 5) is 10.3. The van der Waals surface area contributed by atoms with Crippen LogP contribution in [0.15, 0.2) is 57.3 Å². The van der Waals surface area contributed by atoms with E-state index in [9.17, 15) is 0 Å². The van der Waals surface area contributed by atoms with Gasteiger partial charge in [0.2, 0.25) is 0 Å². The minimum absolute atomic E-state index is 1.02. The molecular formula is C10H7BrN2S. The van der Waals surface area contributed by atoms with Crippen molar-refractivity contribution in [2.45, 2.75) is 9.79 Å². The summed E-state index contributed by atoms with van der Waals surface area (Å²) in [5, 5.41) is 0. The highest BCUT2D eigenvalue weighted by atomic mass is 79.9. The Bertz CT molecular complexity index is 419. The third-order valence-electron chi connectivity index (χ3n) is 1.61. The molecule has 4 heteroatoms. The van der Waals surface area contributed by atoms with Gasteiger partial charge in [-0.1, -0.05) is 11.8 Å². The van der Waals surface area contributed by atoms with Crippen molar-refractivity contribution in [3.8, 4) is 0 Å². The lowest BCUT2D eigenvalue weighted by Gasteiger charge is -2.02. The van der Waals surface area contributed by atoms with Gasteiger partial charge < -0.3 is 0 Å². The third kappa shape index (κ3) is 2.33. The van der Waals surface area contributed by atoms with Crippen molar-refractivity contribution in [2.24, 2.45) is 0 Å². The molecule has 0 unspecified atom stereocenters. The van der Waals surface area contributed by atoms with E-state index in [0.717, 1.165) is 9.37 Å². The lowest BCUT2D eigenvalue weighted by atomic mass is 10.5. The summed E-state index contributed by atoms with van der Waals surface area (Å²) in [5.74, 6) is 0. The molecule has 0 saturated heterocycles. The van der Waals surface area contributed by atoms with E-state index in [4.69, 9.17) is 0 Å². The first-order chi connectivity index (χ1) is 6.86. The lowest BCUT2D eigenvalue weighted by Crippen LogP contribution is -1.78. The molecule has 0 saturated carbocycles. The molecule has 70 valence electrons. The minimum atomic E-state index is 1.02. The number of rotatable bonds is 2. The fraction of sp³-hybridized carbons (Fsp3) is 0. The highest BCUT2D eigenvalue weighted by Crippen LogP contribution is 2.31. The average Bonchev–Trinajstić information content (AvgIpc) is 2.23. The first kappa shape index (κ1) is 9.68. The predicted octanol–water partition coefficient (Wildman–Crippen LogP) is 3.39. The molecule has 0 radical (unpaired) electrons. The Labute approximate surface area is 94.9 Å². The van der Waals surface area contributed by atoms with Gasteiger partial charge in [-0.25, -0.2) is 0 Å². The van der Waals surface area contributed by atoms with E-state index >= 15 is 0 Å². The van der Waals surface area contributed by atoms with Gasteiger partial charge in [0.25, 0.3) is 0 Å². The first-order valence-electron chi connectivity index (χ1n) is 4.03. The van der Waals surface area contributed by atoms with Crippen LogP contribution in [0, 0.1) is 0 Å². The van der Waals surface area contributed by atoms with Crippen LogP contribution in [0.4, 0.5) is 0 Å². The second kappa shape index (κ2) is 4.57. The number of halogens is 1. The Morgan fingerprint density at radius 3 is 2.43 bits per heavy atom. The molecule has 2 rings (SSSR count). The van der Waals surface area contributed by atoms with E-state index in [2.05, 4.69) is 25.9 Å². The van der Waals surface area contributed by atoms with Gasteiger partial charge in [-0.2, -0.15) is 0 Å². The normalized spacial score (nSPS) is 10.1. The Morgan fingerprint density at radius 2 is 1.71 bits per heavy atom. The Morgan fingerprint density at radius 1 is 1.00 bits per heavy atom. The van der Waals surface area contributed by atoms with Crippen molar-refractivity contribution in [3.63, 3.8) is 0 Å². The summed E-state index contributed by atoms with van der Waals surface area (Å²) in [7, 11) is 0. The molecule has 14 heavy (non-hydrogen) atoms. The van der Waals surface area contributed by atoms with Crippen LogP contribution in [-0.2, 0) is 0 Å². The van der Waals surface area contributed by atoms with Crippen LogP contribution in [0.25, 0.3) is 0 Å². The number of nitrogens with zero attached hydrogens (tertiary/aromatic N) is 2. The molecule has 2 heterocycles. The van der Waals surface area contributed by atoms with Crippen molar-refractivity contribution >= 4 is 27.7 Å². The van der Waals surface area contributed by atoms with E-state index in [1.54, 1.807) is 36.5 Å². The Hall–Kier alpha value is -0.870. The fourth-order valence-electron chi connectivity index (χ4n) is 0.978. The van der Waals surface area contributed by atoms with Crippen LogP contribution < -0.4 is 0 Å². The summed E-state index contributed by atoms with van der Waals surface area (Å²) in [6, 6.07) is 5.95. The topological polar surface area (TPSA) is 25.8 Å². The van der Waals surface area contributed by atoms with Gasteiger partial charge in [-0.3, -0.25) is 9.97 Å². The zero-order valence-electron chi connectivity index (χ0n) is 7.22. The predicted molar refractivity (Wildman–Crippen MR) is 60.3 cm³/mol. The molecule has 0 N–H and O–H groups in total. The smallest absolute Gasteiger partial charge is 0.0498 e. The molecule has 0 spiro atoms. The van der Waals surface area contributed by atoms with Crippen LogP contribution in [0.5, 0.6) is 0 Å². The maximum Gasteiger partial charge on any atom is 0.0498 e. The molecule has 0 fully saturated rings. The van der Waals surface area contributed by atoms with E-state index < -0.39 is 0 Å². The minimum Gasteiger partial charge on any atom is -0.265 e. The van der Waals surface area contributed by atoms with Gasteiger partial charge in [0.05, 0.1) is 0 Å². The van der Waals surface area contributed by atoms with E-state index in [0.29, 0.717) is 0 Å². The monoisotopic (exact) mass is 266 g/mol. The van der Waals surface area contributed by atoms with Crippen molar-refractivity contribution in [3.05, 3.63) is 47.5 Å². The van der Waals surface area contributed by atoms with E-state index in [1.807, 2.05) is 18.2 Å². The molecule has 2 aromatic rings. The standard InChI is InChI=1S/C10H7BrN2S/c11-9-7-13-6-3-10(9)14-8-1-4-12-5-2-8/h1-7H. The summed E-state index contributed by atoms with van der Waals surface area (Å²) in [6.45, 7) is 0. The summed E-state index contributed by atoms with van der Waals surface area (Å²) >= 11 is 5.14. The quantitative estimate of drug-likeness (QED) is 0.834. The van der Waals surface area contributed by atoms with Crippen LogP contribution >= 0.6 is 27.7 Å². The fourth-order valence-corrected chi connectivity index (χ4v) is 2.26. The molecule has 0 aliphatic rings. The van der Waals surface area contributed by atoms with Gasteiger partial charge in [-0.05, 0) is 34.1 Å². The van der Waals surface area contributed by atoms with Crippen LogP contribution in [0.1, 0.15) is 0 Å². The summed E-state index contributed by atoms with van der Waals surface area (Å²) < 4.78 is 1.02. The number of aromatic nitrogens is 2. The van der Waals surface area contributed by atoms with E-state index in [1.165, 1.54) is 4.90 Å². The number of hydrogen-bond donors (Lipinski definition) is 0. The molecule has 2 aromatic heterocycles. The van der Waals surface area contributed by atoms with Crippen LogP contribution in [-0.4, -0.2) is 9.97 Å². The number of pyridine rings is 2. The number of hydrogen-bond acceptors (Lipinski definition) is 3. The first-order valence-corrected chi connectivity index (χ1v) is 5.64. The molecular weight excluding hydrogens is 260 g/mol. The van der Waals surface area contributed by atoms with Crippen LogP contribution in [0.2, 0.25) is 0 Å². The molecule has 0 bridgehead atoms. The van der Waals surface area contributed by atoms with Crippen molar-refractivity contribution < 1.29 is 0 Å². The zero-order valence-corrected chi connectivity index (χ0v) is 9.62. The molecule has 0 atom stereocenters. The third-order valence-corrected chi connectivity index (χ3v) is 3.59. The molecule has 2 nitrogen and oxygen atoms in total. The van der Waals surface area contributed by atoms with Gasteiger partial charge in [0, 0.05) is 39.1 Å². The second-order valence-corrected chi connectivity index (χ2v) is 4.56. The SMILES string of the molecule is Brc1cnccc1Sc1ccncc1. The Balaban J connectivity index is 2.24. The van der Waals surface area contributed by atoms with Crippen molar-refractivity contribution in [1.29, 1.82) is 0 Å².